The van der Waals surface area contributed by atoms with Gasteiger partial charge in [-0.1, -0.05) is 24.3 Å². The zero-order chi connectivity index (χ0) is 25.9. The summed E-state index contributed by atoms with van der Waals surface area (Å²) in [5.74, 6) is -0.976. The van der Waals surface area contributed by atoms with Gasteiger partial charge in [-0.3, -0.25) is 10.4 Å². The van der Waals surface area contributed by atoms with Crippen LogP contribution in [0.25, 0.3) is 28.0 Å². The average molecular weight is 503 g/mol. The number of rotatable bonds is 7. The predicted molar refractivity (Wildman–Crippen MR) is 138 cm³/mol. The van der Waals surface area contributed by atoms with Crippen molar-refractivity contribution in [1.29, 1.82) is 0 Å². The lowest BCUT2D eigenvalue weighted by Crippen LogP contribution is -2.21. The van der Waals surface area contributed by atoms with Gasteiger partial charge in [0.1, 0.15) is 22.9 Å². The Morgan fingerprint density at radius 3 is 2.46 bits per heavy atom. The maximum atomic E-state index is 14.4. The highest BCUT2D eigenvalue weighted by Crippen LogP contribution is 2.24. The first-order valence-corrected chi connectivity index (χ1v) is 11.8. The van der Waals surface area contributed by atoms with Crippen LogP contribution < -0.4 is 21.6 Å². The molecule has 0 aliphatic rings. The molecule has 0 saturated heterocycles. The highest BCUT2D eigenvalue weighted by molar-refractivity contribution is 5.83. The smallest absolute Gasteiger partial charge is 0.348 e. The summed E-state index contributed by atoms with van der Waals surface area (Å²) in [6.07, 6.45) is 0. The van der Waals surface area contributed by atoms with Crippen molar-refractivity contribution in [3.05, 3.63) is 100 Å². The van der Waals surface area contributed by atoms with E-state index in [1.165, 1.54) is 30.3 Å². The van der Waals surface area contributed by atoms with Crippen LogP contribution in [0, 0.1) is 11.6 Å². The molecular formula is C27H24F2N6O2. The zero-order valence-corrected chi connectivity index (χ0v) is 20.2. The summed E-state index contributed by atoms with van der Waals surface area (Å²) in [7, 11) is 0. The number of aromatic amines is 1. The van der Waals surface area contributed by atoms with Gasteiger partial charge in [0.05, 0.1) is 11.3 Å². The molecule has 0 saturated carbocycles. The molecule has 0 atom stereocenters. The lowest BCUT2D eigenvalue weighted by molar-refractivity contribution is 0.542. The maximum Gasteiger partial charge on any atom is 0.348 e. The number of nitrogens with one attached hydrogen (secondary N) is 2. The fraction of sp³-hybridized carbons (Fsp3) is 0.148. The van der Waals surface area contributed by atoms with Crippen LogP contribution in [0.3, 0.4) is 0 Å². The molecule has 0 bridgehead atoms. The molecule has 0 unspecified atom stereocenters. The van der Waals surface area contributed by atoms with Crippen LogP contribution in [0.15, 0.2) is 87.1 Å². The molecule has 2 heterocycles. The van der Waals surface area contributed by atoms with Gasteiger partial charge in [-0.15, -0.1) is 10.2 Å². The van der Waals surface area contributed by atoms with Gasteiger partial charge in [-0.2, -0.15) is 4.68 Å². The summed E-state index contributed by atoms with van der Waals surface area (Å²) in [5.41, 5.74) is 4.10. The van der Waals surface area contributed by atoms with Crippen LogP contribution in [0.4, 0.5) is 20.2 Å². The van der Waals surface area contributed by atoms with Crippen LogP contribution in [0.1, 0.15) is 13.8 Å². The van der Waals surface area contributed by atoms with Gasteiger partial charge >= 0.3 is 5.69 Å². The van der Waals surface area contributed by atoms with Crippen LogP contribution in [-0.2, 0) is 0 Å². The average Bonchev–Trinajstić information content (AvgIpc) is 3.29. The number of H-pyrrole nitrogens is 1. The van der Waals surface area contributed by atoms with E-state index < -0.39 is 17.3 Å². The molecule has 0 aliphatic heterocycles. The Bertz CT molecular complexity index is 1700. The third-order valence-corrected chi connectivity index (χ3v) is 5.97. The summed E-state index contributed by atoms with van der Waals surface area (Å²) in [6, 6.07) is 19.4. The van der Waals surface area contributed by atoms with Crippen LogP contribution >= 0.6 is 0 Å². The van der Waals surface area contributed by atoms with Crippen molar-refractivity contribution in [2.24, 2.45) is 5.10 Å². The van der Waals surface area contributed by atoms with Crippen LogP contribution in [-0.4, -0.2) is 27.9 Å². The molecule has 0 aliphatic carbocycles. The zero-order valence-electron chi connectivity index (χ0n) is 20.2. The number of nitrogens with zero attached hydrogens (tertiary/aromatic N) is 4. The van der Waals surface area contributed by atoms with Gasteiger partial charge in [0.15, 0.2) is 5.82 Å². The molecule has 0 fully saturated rings. The van der Waals surface area contributed by atoms with Gasteiger partial charge in [-0.05, 0) is 56.3 Å². The fourth-order valence-corrected chi connectivity index (χ4v) is 4.04. The van der Waals surface area contributed by atoms with Crippen LogP contribution in [0.5, 0.6) is 0 Å². The Labute approximate surface area is 210 Å². The SMILES string of the molecule is CCN(CC)c1ccc2cc(-c3nn(-c4ccccc4F)c(=O)[nH]3)/c(=N\Nc3ccccc3F)oc2c1. The minimum absolute atomic E-state index is 0.000405. The molecule has 37 heavy (non-hydrogen) atoms. The first-order chi connectivity index (χ1) is 18.0. The molecule has 0 amide bonds. The van der Waals surface area contributed by atoms with E-state index in [4.69, 9.17) is 4.42 Å². The molecule has 3 aromatic carbocycles. The molecule has 0 spiro atoms. The lowest BCUT2D eigenvalue weighted by atomic mass is 10.1. The van der Waals surface area contributed by atoms with Gasteiger partial charge < -0.3 is 9.32 Å². The number of aromatic nitrogens is 3. The van der Waals surface area contributed by atoms with E-state index in [9.17, 15) is 13.6 Å². The van der Waals surface area contributed by atoms with E-state index in [-0.39, 0.29) is 22.8 Å². The summed E-state index contributed by atoms with van der Waals surface area (Å²) in [6.45, 7) is 5.77. The number of hydrogen-bond donors (Lipinski definition) is 2. The Kier molecular flexibility index (Phi) is 6.55. The Balaban J connectivity index is 1.69. The lowest BCUT2D eigenvalue weighted by Gasteiger charge is -2.21. The van der Waals surface area contributed by atoms with Crippen molar-refractivity contribution in [3.8, 4) is 17.1 Å². The Morgan fingerprint density at radius 2 is 1.73 bits per heavy atom. The topological polar surface area (TPSA) is 91.5 Å². The molecule has 5 rings (SSSR count). The normalized spacial score (nSPS) is 11.7. The van der Waals surface area contributed by atoms with Gasteiger partial charge in [0.2, 0.25) is 5.55 Å². The van der Waals surface area contributed by atoms with E-state index in [0.717, 1.165) is 28.8 Å². The quantitative estimate of drug-likeness (QED) is 0.305. The van der Waals surface area contributed by atoms with E-state index >= 15 is 0 Å². The molecule has 8 nitrogen and oxygen atoms in total. The molecule has 10 heteroatoms. The second-order valence-corrected chi connectivity index (χ2v) is 8.21. The van der Waals surface area contributed by atoms with Crippen molar-refractivity contribution in [3.63, 3.8) is 0 Å². The number of halogens is 2. The van der Waals surface area contributed by atoms with Crippen molar-refractivity contribution >= 4 is 22.3 Å². The van der Waals surface area contributed by atoms with Crippen molar-refractivity contribution < 1.29 is 13.2 Å². The first-order valence-electron chi connectivity index (χ1n) is 11.8. The monoisotopic (exact) mass is 502 g/mol. The number of fused-ring (bicyclic) bond motifs is 1. The standard InChI is InChI=1S/C27H24F2N6O2/c1-3-34(4-2)18-14-13-17-15-19(25-30-27(36)35(33-25)23-12-8-6-10-21(23)29)26(37-24(17)16-18)32-31-22-11-7-5-9-20(22)28/h5-16,31H,3-4H2,1-2H3,(H,30,33,36)/b32-26+. The fourth-order valence-electron chi connectivity index (χ4n) is 4.04. The highest BCUT2D eigenvalue weighted by Gasteiger charge is 2.16. The predicted octanol–water partition coefficient (Wildman–Crippen LogP) is 5.03. The van der Waals surface area contributed by atoms with Crippen molar-refractivity contribution in [2.75, 3.05) is 23.4 Å². The third-order valence-electron chi connectivity index (χ3n) is 5.97. The minimum atomic E-state index is -0.634. The van der Waals surface area contributed by atoms with Crippen molar-refractivity contribution in [1.82, 2.24) is 14.8 Å². The van der Waals surface area contributed by atoms with E-state index in [2.05, 4.69) is 39.4 Å². The van der Waals surface area contributed by atoms with Gasteiger partial charge in [0, 0.05) is 30.2 Å². The maximum absolute atomic E-state index is 14.4. The number of hydrogen-bond acceptors (Lipinski definition) is 6. The van der Waals surface area contributed by atoms with E-state index in [1.807, 2.05) is 18.2 Å². The second-order valence-electron chi connectivity index (χ2n) is 8.21. The van der Waals surface area contributed by atoms with E-state index in [0.29, 0.717) is 11.1 Å². The second kappa shape index (κ2) is 10.1. The largest absolute Gasteiger partial charge is 0.436 e. The summed E-state index contributed by atoms with van der Waals surface area (Å²) >= 11 is 0. The first kappa shape index (κ1) is 24.0. The Hall–Kier alpha value is -4.73. The van der Waals surface area contributed by atoms with E-state index in [1.54, 1.807) is 24.3 Å². The third kappa shape index (κ3) is 4.73. The number of benzene rings is 3. The molecule has 0 radical (unpaired) electrons. The van der Waals surface area contributed by atoms with Gasteiger partial charge in [0.25, 0.3) is 0 Å². The molecule has 188 valence electrons. The summed E-state index contributed by atoms with van der Waals surface area (Å²) in [5, 5.41) is 9.33. The minimum Gasteiger partial charge on any atom is -0.436 e. The van der Waals surface area contributed by atoms with Crippen molar-refractivity contribution in [2.45, 2.75) is 13.8 Å². The molecule has 2 N–H and O–H groups in total. The number of anilines is 2. The summed E-state index contributed by atoms with van der Waals surface area (Å²) in [4.78, 5) is 17.5. The molecule has 2 aromatic heterocycles. The molecular weight excluding hydrogens is 478 g/mol. The van der Waals surface area contributed by atoms with Gasteiger partial charge in [-0.25, -0.2) is 13.6 Å². The highest BCUT2D eigenvalue weighted by atomic mass is 19.1. The Morgan fingerprint density at radius 1 is 1.00 bits per heavy atom. The summed E-state index contributed by atoms with van der Waals surface area (Å²) < 4.78 is 35.7. The van der Waals surface area contributed by atoms with Crippen LogP contribution in [0.2, 0.25) is 0 Å². The molecule has 5 aromatic rings. The number of para-hydroxylation sites is 2.